The molecule has 0 unspecified atom stereocenters. The van der Waals surface area contributed by atoms with Crippen LogP contribution < -0.4 is 0 Å². The van der Waals surface area contributed by atoms with Crippen molar-refractivity contribution in [2.75, 3.05) is 13.2 Å². The molecule has 0 radical (unpaired) electrons. The van der Waals surface area contributed by atoms with Gasteiger partial charge in [-0.1, -0.05) is 227 Å². The number of carbonyl (C=O) groups excluding carboxylic acids is 3. The first-order valence-corrected chi connectivity index (χ1v) is 24.2. The summed E-state index contributed by atoms with van der Waals surface area (Å²) in [5.41, 5.74) is 0. The van der Waals surface area contributed by atoms with E-state index < -0.39 is 6.10 Å². The molecule has 1 atom stereocenters. The van der Waals surface area contributed by atoms with Crippen LogP contribution in [0.1, 0.15) is 266 Å². The summed E-state index contributed by atoms with van der Waals surface area (Å²) in [6, 6.07) is 0. The van der Waals surface area contributed by atoms with E-state index in [1.54, 1.807) is 0 Å². The van der Waals surface area contributed by atoms with Crippen molar-refractivity contribution in [3.8, 4) is 0 Å². The van der Waals surface area contributed by atoms with Crippen molar-refractivity contribution in [3.05, 3.63) is 0 Å². The minimum absolute atomic E-state index is 0.0652. The fourth-order valence-corrected chi connectivity index (χ4v) is 7.28. The minimum Gasteiger partial charge on any atom is -0.462 e. The van der Waals surface area contributed by atoms with Gasteiger partial charge in [-0.05, 0) is 31.1 Å². The van der Waals surface area contributed by atoms with E-state index in [-0.39, 0.29) is 31.1 Å². The molecule has 326 valence electrons. The zero-order valence-corrected chi connectivity index (χ0v) is 37.6. The summed E-state index contributed by atoms with van der Waals surface area (Å²) in [4.78, 5) is 37.8. The molecule has 0 rings (SSSR count). The van der Waals surface area contributed by atoms with Crippen LogP contribution >= 0.6 is 0 Å². The highest BCUT2D eigenvalue weighted by Gasteiger charge is 2.19. The van der Waals surface area contributed by atoms with Gasteiger partial charge in [0.15, 0.2) is 6.10 Å². The van der Waals surface area contributed by atoms with Crippen molar-refractivity contribution in [1.29, 1.82) is 0 Å². The number of esters is 3. The molecule has 0 saturated carbocycles. The van der Waals surface area contributed by atoms with Crippen LogP contribution in [0.3, 0.4) is 0 Å². The Bertz CT molecular complexity index is 839. The number of hydrogen-bond acceptors (Lipinski definition) is 6. The Morgan fingerprint density at radius 2 is 0.600 bits per heavy atom. The number of unbranched alkanes of at least 4 members (excludes halogenated alkanes) is 28. The van der Waals surface area contributed by atoms with Gasteiger partial charge in [0.05, 0.1) is 0 Å². The molecular weight excluding hydrogens is 685 g/mol. The molecule has 0 saturated heterocycles. The molecule has 0 aromatic carbocycles. The summed E-state index contributed by atoms with van der Waals surface area (Å²) in [7, 11) is 0. The molecule has 0 aromatic rings. The zero-order valence-electron chi connectivity index (χ0n) is 37.6. The van der Waals surface area contributed by atoms with Crippen LogP contribution in [0, 0.1) is 11.8 Å². The van der Waals surface area contributed by atoms with E-state index in [9.17, 15) is 14.4 Å². The van der Waals surface area contributed by atoms with Gasteiger partial charge < -0.3 is 14.2 Å². The summed E-state index contributed by atoms with van der Waals surface area (Å²) in [6.07, 6.45) is 41.0. The lowest BCUT2D eigenvalue weighted by atomic mass is 10.0. The summed E-state index contributed by atoms with van der Waals surface area (Å²) >= 11 is 0. The van der Waals surface area contributed by atoms with Crippen LogP contribution in [-0.4, -0.2) is 37.2 Å². The normalized spacial score (nSPS) is 12.1. The van der Waals surface area contributed by atoms with Gasteiger partial charge in [-0.3, -0.25) is 14.4 Å². The Kier molecular flexibility index (Phi) is 40.8. The van der Waals surface area contributed by atoms with Gasteiger partial charge in [0.1, 0.15) is 13.2 Å². The topological polar surface area (TPSA) is 78.9 Å². The van der Waals surface area contributed by atoms with E-state index in [2.05, 4.69) is 34.6 Å². The molecule has 0 aliphatic rings. The van der Waals surface area contributed by atoms with E-state index in [0.717, 1.165) is 69.6 Å². The molecule has 6 nitrogen and oxygen atoms in total. The van der Waals surface area contributed by atoms with E-state index >= 15 is 0 Å². The first kappa shape index (κ1) is 53.4. The van der Waals surface area contributed by atoms with Crippen molar-refractivity contribution in [2.24, 2.45) is 11.8 Å². The quantitative estimate of drug-likeness (QED) is 0.0348. The number of ether oxygens (including phenoxy) is 3. The van der Waals surface area contributed by atoms with E-state index in [1.165, 1.54) is 154 Å². The maximum Gasteiger partial charge on any atom is 0.306 e. The standard InChI is InChI=1S/C49H94O6/c1-6-7-8-9-10-11-12-13-17-20-23-29-34-39-47(50)53-42-46(55-49(52)41-36-31-26-25-28-33-38-45(4)5)43-54-48(51)40-35-30-24-21-18-15-14-16-19-22-27-32-37-44(2)3/h44-46H,6-43H2,1-5H3/t46-/m1/s1. The van der Waals surface area contributed by atoms with Crippen LogP contribution in [0.5, 0.6) is 0 Å². The highest BCUT2D eigenvalue weighted by molar-refractivity contribution is 5.71. The SMILES string of the molecule is CCCCCCCCCCCCCCCC(=O)OC[C@H](COC(=O)CCCCCCCCCCCCCCC(C)C)OC(=O)CCCCCCCCC(C)C. The first-order valence-electron chi connectivity index (χ1n) is 24.2. The average Bonchev–Trinajstić information content (AvgIpc) is 3.15. The maximum absolute atomic E-state index is 12.7. The fraction of sp³-hybridized carbons (Fsp3) is 0.939. The summed E-state index contributed by atoms with van der Waals surface area (Å²) < 4.78 is 16.7. The van der Waals surface area contributed by atoms with Crippen molar-refractivity contribution in [3.63, 3.8) is 0 Å². The Morgan fingerprint density at radius 3 is 0.891 bits per heavy atom. The predicted octanol–water partition coefficient (Wildman–Crippen LogP) is 15.4. The van der Waals surface area contributed by atoms with Gasteiger partial charge in [-0.15, -0.1) is 0 Å². The van der Waals surface area contributed by atoms with Crippen molar-refractivity contribution >= 4 is 17.9 Å². The molecule has 0 bridgehead atoms. The van der Waals surface area contributed by atoms with Crippen LogP contribution in [0.25, 0.3) is 0 Å². The molecule has 0 aliphatic carbocycles. The molecule has 0 aromatic heterocycles. The van der Waals surface area contributed by atoms with Gasteiger partial charge in [-0.2, -0.15) is 0 Å². The van der Waals surface area contributed by atoms with Crippen LogP contribution in [0.2, 0.25) is 0 Å². The third kappa shape index (κ3) is 43.4. The molecule has 55 heavy (non-hydrogen) atoms. The fourth-order valence-electron chi connectivity index (χ4n) is 7.28. The molecule has 6 heteroatoms. The highest BCUT2D eigenvalue weighted by atomic mass is 16.6. The Balaban J connectivity index is 4.27. The van der Waals surface area contributed by atoms with Gasteiger partial charge in [0.25, 0.3) is 0 Å². The highest BCUT2D eigenvalue weighted by Crippen LogP contribution is 2.17. The van der Waals surface area contributed by atoms with E-state index in [0.29, 0.717) is 19.3 Å². The molecule has 0 spiro atoms. The Hall–Kier alpha value is -1.59. The second-order valence-corrected chi connectivity index (χ2v) is 17.7. The molecule has 0 fully saturated rings. The second kappa shape index (κ2) is 42.0. The number of rotatable bonds is 43. The monoisotopic (exact) mass is 779 g/mol. The third-order valence-electron chi connectivity index (χ3n) is 11.0. The second-order valence-electron chi connectivity index (χ2n) is 17.7. The Morgan fingerprint density at radius 1 is 0.345 bits per heavy atom. The van der Waals surface area contributed by atoms with E-state index in [4.69, 9.17) is 14.2 Å². The maximum atomic E-state index is 12.7. The van der Waals surface area contributed by atoms with Gasteiger partial charge in [0, 0.05) is 19.3 Å². The molecule has 0 N–H and O–H groups in total. The lowest BCUT2D eigenvalue weighted by Gasteiger charge is -2.18. The smallest absolute Gasteiger partial charge is 0.306 e. The summed E-state index contributed by atoms with van der Waals surface area (Å²) in [6.45, 7) is 11.3. The van der Waals surface area contributed by atoms with Crippen molar-refractivity contribution < 1.29 is 28.6 Å². The average molecular weight is 779 g/mol. The molecule has 0 aliphatic heterocycles. The van der Waals surface area contributed by atoms with Crippen LogP contribution in [-0.2, 0) is 28.6 Å². The molecular formula is C49H94O6. The van der Waals surface area contributed by atoms with Crippen molar-refractivity contribution in [1.82, 2.24) is 0 Å². The summed E-state index contributed by atoms with van der Waals surface area (Å²) in [5.74, 6) is 0.735. The largest absolute Gasteiger partial charge is 0.462 e. The molecule has 0 heterocycles. The van der Waals surface area contributed by atoms with Gasteiger partial charge in [0.2, 0.25) is 0 Å². The minimum atomic E-state index is -0.761. The lowest BCUT2D eigenvalue weighted by Crippen LogP contribution is -2.30. The third-order valence-corrected chi connectivity index (χ3v) is 11.0. The van der Waals surface area contributed by atoms with Gasteiger partial charge >= 0.3 is 17.9 Å². The van der Waals surface area contributed by atoms with Crippen LogP contribution in [0.4, 0.5) is 0 Å². The van der Waals surface area contributed by atoms with E-state index in [1.807, 2.05) is 0 Å². The lowest BCUT2D eigenvalue weighted by molar-refractivity contribution is -0.167. The number of hydrogen-bond donors (Lipinski definition) is 0. The Labute approximate surface area is 342 Å². The number of carbonyl (C=O) groups is 3. The predicted molar refractivity (Wildman–Crippen MR) is 233 cm³/mol. The van der Waals surface area contributed by atoms with Gasteiger partial charge in [-0.25, -0.2) is 0 Å². The first-order chi connectivity index (χ1) is 26.7. The zero-order chi connectivity index (χ0) is 40.5. The van der Waals surface area contributed by atoms with Crippen molar-refractivity contribution in [2.45, 2.75) is 272 Å². The van der Waals surface area contributed by atoms with Crippen LogP contribution in [0.15, 0.2) is 0 Å². The summed E-state index contributed by atoms with van der Waals surface area (Å²) in [5, 5.41) is 0. The molecule has 0 amide bonds.